The van der Waals surface area contributed by atoms with Crippen LogP contribution in [0, 0.1) is 0 Å². The molecule has 0 amide bonds. The van der Waals surface area contributed by atoms with Gasteiger partial charge in [-0.3, -0.25) is 4.99 Å². The number of benzene rings is 1. The van der Waals surface area contributed by atoms with E-state index in [1.165, 1.54) is 12.7 Å². The van der Waals surface area contributed by atoms with Gasteiger partial charge in [-0.2, -0.15) is 0 Å². The monoisotopic (exact) mass is 214 g/mol. The van der Waals surface area contributed by atoms with E-state index in [1.54, 1.807) is 0 Å². The minimum absolute atomic E-state index is 0.511. The number of nitrogens with two attached hydrogens (primary N) is 1. The summed E-state index contributed by atoms with van der Waals surface area (Å²) in [6, 6.07) is 7.69. The van der Waals surface area contributed by atoms with E-state index in [2.05, 4.69) is 25.4 Å². The van der Waals surface area contributed by atoms with Crippen molar-refractivity contribution in [3.8, 4) is 11.4 Å². The molecule has 1 aromatic heterocycles. The lowest BCUT2D eigenvalue weighted by Crippen LogP contribution is -1.94. The van der Waals surface area contributed by atoms with Crippen molar-refractivity contribution in [2.75, 3.05) is 0 Å². The summed E-state index contributed by atoms with van der Waals surface area (Å²) in [5.74, 6) is 0.511. The summed E-state index contributed by atoms with van der Waals surface area (Å²) in [6.45, 7) is 0.572. The zero-order valence-electron chi connectivity index (χ0n) is 8.48. The van der Waals surface area contributed by atoms with Crippen LogP contribution in [0.5, 0.6) is 0 Å². The van der Waals surface area contributed by atoms with E-state index in [0.717, 1.165) is 11.1 Å². The fraction of sp³-hybridized carbons (Fsp3) is 0.100. The molecule has 80 valence electrons. The van der Waals surface area contributed by atoms with Gasteiger partial charge in [-0.15, -0.1) is 20.4 Å². The summed E-state index contributed by atoms with van der Waals surface area (Å²) in [5.41, 5.74) is 7.12. The summed E-state index contributed by atoms with van der Waals surface area (Å²) >= 11 is 0. The first-order chi connectivity index (χ1) is 7.90. The highest BCUT2D eigenvalue weighted by Crippen LogP contribution is 2.13. The van der Waals surface area contributed by atoms with Gasteiger partial charge in [0.2, 0.25) is 5.82 Å². The summed E-state index contributed by atoms with van der Waals surface area (Å²) < 4.78 is 0. The number of aliphatic imine (C=N–C) groups is 1. The minimum Gasteiger partial charge on any atom is -0.390 e. The number of hydrogen-bond donors (Lipinski definition) is 1. The second-order valence-electron chi connectivity index (χ2n) is 3.06. The molecule has 0 spiro atoms. The Hall–Kier alpha value is -2.37. The Labute approximate surface area is 92.3 Å². The number of rotatable bonds is 3. The lowest BCUT2D eigenvalue weighted by atomic mass is 10.1. The topological polar surface area (TPSA) is 89.9 Å². The van der Waals surface area contributed by atoms with Crippen LogP contribution in [-0.2, 0) is 6.54 Å². The number of nitrogens with zero attached hydrogens (tertiary/aromatic N) is 5. The Morgan fingerprint density at radius 3 is 2.44 bits per heavy atom. The third-order valence-electron chi connectivity index (χ3n) is 2.00. The second kappa shape index (κ2) is 4.92. The van der Waals surface area contributed by atoms with Gasteiger partial charge in [-0.25, -0.2) is 0 Å². The van der Waals surface area contributed by atoms with Crippen molar-refractivity contribution in [1.29, 1.82) is 0 Å². The molecule has 1 heterocycles. The van der Waals surface area contributed by atoms with Crippen molar-refractivity contribution in [3.05, 3.63) is 36.2 Å². The molecule has 2 aromatic rings. The Morgan fingerprint density at radius 2 is 1.81 bits per heavy atom. The number of aromatic nitrogens is 4. The average molecular weight is 214 g/mol. The maximum absolute atomic E-state index is 5.17. The molecule has 0 atom stereocenters. The average Bonchev–Trinajstić information content (AvgIpc) is 2.38. The van der Waals surface area contributed by atoms with E-state index in [9.17, 15) is 0 Å². The van der Waals surface area contributed by atoms with Crippen LogP contribution < -0.4 is 5.73 Å². The van der Waals surface area contributed by atoms with Crippen LogP contribution in [0.4, 0.5) is 0 Å². The van der Waals surface area contributed by atoms with Crippen molar-refractivity contribution in [2.24, 2.45) is 10.7 Å². The van der Waals surface area contributed by atoms with Crippen LogP contribution in [0.1, 0.15) is 5.56 Å². The van der Waals surface area contributed by atoms with E-state index < -0.39 is 0 Å². The summed E-state index contributed by atoms with van der Waals surface area (Å²) in [4.78, 5) is 3.94. The first-order valence-corrected chi connectivity index (χ1v) is 4.70. The standard InChI is InChI=1S/C10H10N6/c11-6-12-5-8-1-3-9(4-2-8)10-15-13-7-14-16-10/h1-4,6-7H,5H2,(H2,11,12). The van der Waals surface area contributed by atoms with E-state index >= 15 is 0 Å². The zero-order valence-corrected chi connectivity index (χ0v) is 8.48. The SMILES string of the molecule is NC=NCc1ccc(-c2nncnn2)cc1. The second-order valence-corrected chi connectivity index (χ2v) is 3.06. The molecule has 2 rings (SSSR count). The highest BCUT2D eigenvalue weighted by atomic mass is 15.3. The Morgan fingerprint density at radius 1 is 1.12 bits per heavy atom. The fourth-order valence-electron chi connectivity index (χ4n) is 1.24. The molecule has 6 nitrogen and oxygen atoms in total. The fourth-order valence-corrected chi connectivity index (χ4v) is 1.24. The molecule has 0 aliphatic heterocycles. The highest BCUT2D eigenvalue weighted by molar-refractivity contribution is 5.54. The molecule has 0 saturated heterocycles. The maximum Gasteiger partial charge on any atom is 0.203 e. The van der Waals surface area contributed by atoms with Gasteiger partial charge in [0.15, 0.2) is 6.33 Å². The van der Waals surface area contributed by atoms with Crippen molar-refractivity contribution in [2.45, 2.75) is 6.54 Å². The van der Waals surface area contributed by atoms with E-state index in [4.69, 9.17) is 5.73 Å². The molecular weight excluding hydrogens is 204 g/mol. The molecule has 1 aromatic carbocycles. The predicted octanol–water partition coefficient (Wildman–Crippen LogP) is 0.421. The van der Waals surface area contributed by atoms with Gasteiger partial charge in [0.05, 0.1) is 12.9 Å². The van der Waals surface area contributed by atoms with Gasteiger partial charge in [0.1, 0.15) is 0 Å². The van der Waals surface area contributed by atoms with E-state index in [1.807, 2.05) is 24.3 Å². The molecule has 0 saturated carbocycles. The highest BCUT2D eigenvalue weighted by Gasteiger charge is 2.00. The first-order valence-electron chi connectivity index (χ1n) is 4.70. The van der Waals surface area contributed by atoms with Crippen LogP contribution in [0.15, 0.2) is 35.6 Å². The lowest BCUT2D eigenvalue weighted by molar-refractivity contribution is 0.864. The Bertz CT molecular complexity index is 464. The summed E-state index contributed by atoms with van der Waals surface area (Å²) in [7, 11) is 0. The van der Waals surface area contributed by atoms with Crippen molar-refractivity contribution < 1.29 is 0 Å². The molecule has 6 heteroatoms. The molecule has 0 fully saturated rings. The molecule has 0 aliphatic carbocycles. The molecule has 0 aliphatic rings. The molecule has 16 heavy (non-hydrogen) atoms. The molecular formula is C10H10N6. The first kappa shape index (κ1) is 10.2. The van der Waals surface area contributed by atoms with Crippen LogP contribution in [0.25, 0.3) is 11.4 Å². The summed E-state index contributed by atoms with van der Waals surface area (Å²) in [6.07, 6.45) is 2.59. The third kappa shape index (κ3) is 2.35. The van der Waals surface area contributed by atoms with Gasteiger partial charge in [0.25, 0.3) is 0 Å². The number of hydrogen-bond acceptors (Lipinski definition) is 5. The van der Waals surface area contributed by atoms with Crippen molar-refractivity contribution >= 4 is 6.34 Å². The van der Waals surface area contributed by atoms with Gasteiger partial charge in [0, 0.05) is 5.56 Å². The minimum atomic E-state index is 0.511. The Kier molecular flexibility index (Phi) is 3.12. The maximum atomic E-state index is 5.17. The smallest absolute Gasteiger partial charge is 0.203 e. The molecule has 0 unspecified atom stereocenters. The molecule has 2 N–H and O–H groups in total. The quantitative estimate of drug-likeness (QED) is 0.590. The summed E-state index contributed by atoms with van der Waals surface area (Å²) in [5, 5.41) is 15.1. The van der Waals surface area contributed by atoms with Crippen LogP contribution in [-0.4, -0.2) is 26.7 Å². The van der Waals surface area contributed by atoms with E-state index in [-0.39, 0.29) is 0 Å². The van der Waals surface area contributed by atoms with Crippen LogP contribution in [0.2, 0.25) is 0 Å². The van der Waals surface area contributed by atoms with Crippen molar-refractivity contribution in [3.63, 3.8) is 0 Å². The predicted molar refractivity (Wildman–Crippen MR) is 59.4 cm³/mol. The Balaban J connectivity index is 2.20. The van der Waals surface area contributed by atoms with Gasteiger partial charge >= 0.3 is 0 Å². The molecule has 0 bridgehead atoms. The third-order valence-corrected chi connectivity index (χ3v) is 2.00. The lowest BCUT2D eigenvalue weighted by Gasteiger charge is -1.99. The van der Waals surface area contributed by atoms with Gasteiger partial charge in [-0.05, 0) is 5.56 Å². The van der Waals surface area contributed by atoms with E-state index in [0.29, 0.717) is 12.4 Å². The normalized spacial score (nSPS) is 10.8. The van der Waals surface area contributed by atoms with Crippen LogP contribution in [0.3, 0.4) is 0 Å². The van der Waals surface area contributed by atoms with Gasteiger partial charge < -0.3 is 5.73 Å². The molecule has 0 radical (unpaired) electrons. The zero-order chi connectivity index (χ0) is 11.2. The van der Waals surface area contributed by atoms with Crippen LogP contribution >= 0.6 is 0 Å². The van der Waals surface area contributed by atoms with Crippen molar-refractivity contribution in [1.82, 2.24) is 20.4 Å². The largest absolute Gasteiger partial charge is 0.390 e. The van der Waals surface area contributed by atoms with Gasteiger partial charge in [-0.1, -0.05) is 24.3 Å².